The number of nitrogens with zero attached hydrogens (tertiary/aromatic N) is 2. The Morgan fingerprint density at radius 1 is 1.54 bits per heavy atom. The lowest BCUT2D eigenvalue weighted by molar-refractivity contribution is -0.136. The molecule has 1 aliphatic rings. The van der Waals surface area contributed by atoms with E-state index in [4.69, 9.17) is 5.26 Å². The fraction of sp³-hybridized carbons (Fsp3) is 0.625. The molecule has 1 saturated heterocycles. The predicted molar refractivity (Wildman–Crippen MR) is 44.4 cm³/mol. The van der Waals surface area contributed by atoms with Crippen LogP contribution in [-0.4, -0.2) is 35.8 Å². The lowest BCUT2D eigenvalue weighted by Gasteiger charge is -2.28. The first-order valence-electron chi connectivity index (χ1n) is 4.13. The van der Waals surface area contributed by atoms with Crippen LogP contribution in [0.1, 0.15) is 13.3 Å². The minimum atomic E-state index is -0.338. The Bertz CT molecular complexity index is 253. The van der Waals surface area contributed by atoms with E-state index in [1.54, 1.807) is 4.90 Å². The second kappa shape index (κ2) is 4.01. The molecule has 5 nitrogen and oxygen atoms in total. The van der Waals surface area contributed by atoms with E-state index < -0.39 is 0 Å². The Morgan fingerprint density at radius 3 is 2.46 bits per heavy atom. The van der Waals surface area contributed by atoms with Gasteiger partial charge in [0.25, 0.3) is 0 Å². The molecular formula is C8H11N3O2. The van der Waals surface area contributed by atoms with Crippen LogP contribution in [0.4, 0.5) is 0 Å². The van der Waals surface area contributed by atoms with E-state index in [-0.39, 0.29) is 30.9 Å². The predicted octanol–water partition coefficient (Wildman–Crippen LogP) is -0.753. The normalized spacial score (nSPS) is 20.6. The molecule has 1 atom stereocenters. The molecule has 1 aliphatic heterocycles. The van der Waals surface area contributed by atoms with Crippen molar-refractivity contribution in [1.82, 2.24) is 10.2 Å². The third-order valence-corrected chi connectivity index (χ3v) is 1.95. The third kappa shape index (κ3) is 2.26. The molecular weight excluding hydrogens is 170 g/mol. The van der Waals surface area contributed by atoms with Gasteiger partial charge < -0.3 is 0 Å². The molecule has 13 heavy (non-hydrogen) atoms. The molecule has 2 amide bonds. The van der Waals surface area contributed by atoms with Gasteiger partial charge in [0.1, 0.15) is 0 Å². The van der Waals surface area contributed by atoms with E-state index in [1.165, 1.54) is 0 Å². The molecule has 0 aliphatic carbocycles. The first-order chi connectivity index (χ1) is 6.17. The van der Waals surface area contributed by atoms with Crippen LogP contribution < -0.4 is 5.32 Å². The van der Waals surface area contributed by atoms with Gasteiger partial charge in [-0.25, -0.2) is 0 Å². The molecule has 0 aromatic heterocycles. The fourth-order valence-electron chi connectivity index (χ4n) is 1.31. The van der Waals surface area contributed by atoms with Crippen LogP contribution in [0, 0.1) is 11.3 Å². The number of hydrogen-bond acceptors (Lipinski definition) is 4. The summed E-state index contributed by atoms with van der Waals surface area (Å²) in [7, 11) is 0. The zero-order valence-corrected chi connectivity index (χ0v) is 7.41. The summed E-state index contributed by atoms with van der Waals surface area (Å²) in [4.78, 5) is 23.5. The van der Waals surface area contributed by atoms with Crippen molar-refractivity contribution in [3.05, 3.63) is 0 Å². The number of piperazine rings is 1. The Balaban J connectivity index is 2.65. The zero-order valence-electron chi connectivity index (χ0n) is 7.41. The van der Waals surface area contributed by atoms with E-state index in [0.717, 1.165) is 0 Å². The molecule has 70 valence electrons. The molecule has 1 N–H and O–H groups in total. The molecule has 0 aromatic rings. The number of hydrogen-bond donors (Lipinski definition) is 1. The Morgan fingerprint density at radius 2 is 2.08 bits per heavy atom. The van der Waals surface area contributed by atoms with Gasteiger partial charge in [0.2, 0.25) is 11.8 Å². The molecule has 0 spiro atoms. The van der Waals surface area contributed by atoms with Crippen molar-refractivity contribution in [3.63, 3.8) is 0 Å². The van der Waals surface area contributed by atoms with Crippen molar-refractivity contribution < 1.29 is 9.59 Å². The molecule has 1 heterocycles. The average molecular weight is 181 g/mol. The summed E-state index contributed by atoms with van der Waals surface area (Å²) in [5.74, 6) is -0.657. The summed E-state index contributed by atoms with van der Waals surface area (Å²) in [5, 5.41) is 10.9. The lowest BCUT2D eigenvalue weighted by atomic mass is 10.2. The SMILES string of the molecule is CCC(C#N)N1CC(=O)NC(=O)C1. The summed E-state index contributed by atoms with van der Waals surface area (Å²) in [6, 6.07) is 1.72. The van der Waals surface area contributed by atoms with Crippen LogP contribution in [0.25, 0.3) is 0 Å². The van der Waals surface area contributed by atoms with E-state index in [2.05, 4.69) is 11.4 Å². The van der Waals surface area contributed by atoms with Crippen LogP contribution in [0.3, 0.4) is 0 Å². The lowest BCUT2D eigenvalue weighted by Crippen LogP contribution is -2.54. The number of amides is 2. The number of carbonyl (C=O) groups excluding carboxylic acids is 2. The second-order valence-corrected chi connectivity index (χ2v) is 2.93. The van der Waals surface area contributed by atoms with Gasteiger partial charge in [0, 0.05) is 0 Å². The first-order valence-corrected chi connectivity index (χ1v) is 4.13. The van der Waals surface area contributed by atoms with Gasteiger partial charge in [-0.3, -0.25) is 19.8 Å². The summed E-state index contributed by atoms with van der Waals surface area (Å²) in [6.45, 7) is 2.13. The molecule has 1 unspecified atom stereocenters. The van der Waals surface area contributed by atoms with Gasteiger partial charge in [-0.15, -0.1) is 0 Å². The number of rotatable bonds is 2. The average Bonchev–Trinajstić information content (AvgIpc) is 2.04. The van der Waals surface area contributed by atoms with Crippen LogP contribution in [0.15, 0.2) is 0 Å². The van der Waals surface area contributed by atoms with Crippen molar-refractivity contribution in [2.45, 2.75) is 19.4 Å². The zero-order chi connectivity index (χ0) is 9.84. The van der Waals surface area contributed by atoms with E-state index >= 15 is 0 Å². The van der Waals surface area contributed by atoms with Crippen LogP contribution in [0.5, 0.6) is 0 Å². The molecule has 0 saturated carbocycles. The van der Waals surface area contributed by atoms with Crippen molar-refractivity contribution in [2.75, 3.05) is 13.1 Å². The highest BCUT2D eigenvalue weighted by Gasteiger charge is 2.27. The fourth-order valence-corrected chi connectivity index (χ4v) is 1.31. The van der Waals surface area contributed by atoms with Crippen molar-refractivity contribution >= 4 is 11.8 Å². The molecule has 1 fully saturated rings. The molecule has 0 bridgehead atoms. The maximum Gasteiger partial charge on any atom is 0.240 e. The molecule has 5 heteroatoms. The van der Waals surface area contributed by atoms with Crippen LogP contribution in [0.2, 0.25) is 0 Å². The first kappa shape index (κ1) is 9.68. The number of nitriles is 1. The summed E-state index contributed by atoms with van der Waals surface area (Å²) in [5.41, 5.74) is 0. The smallest absolute Gasteiger partial charge is 0.240 e. The molecule has 0 aromatic carbocycles. The Hall–Kier alpha value is -1.41. The second-order valence-electron chi connectivity index (χ2n) is 2.93. The van der Waals surface area contributed by atoms with Crippen LogP contribution >= 0.6 is 0 Å². The number of carbonyl (C=O) groups is 2. The standard InChI is InChI=1S/C8H11N3O2/c1-2-6(3-9)11-4-7(12)10-8(13)5-11/h6H,2,4-5H2,1H3,(H,10,12,13). The monoisotopic (exact) mass is 181 g/mol. The maximum atomic E-state index is 10.9. The molecule has 0 radical (unpaired) electrons. The van der Waals surface area contributed by atoms with Gasteiger partial charge in [-0.2, -0.15) is 5.26 Å². The Labute approximate surface area is 76.3 Å². The van der Waals surface area contributed by atoms with Crippen molar-refractivity contribution in [3.8, 4) is 6.07 Å². The highest BCUT2D eigenvalue weighted by atomic mass is 16.2. The van der Waals surface area contributed by atoms with Gasteiger partial charge in [-0.05, 0) is 6.42 Å². The minimum absolute atomic E-state index is 0.137. The summed E-state index contributed by atoms with van der Waals surface area (Å²) in [6.07, 6.45) is 0.622. The van der Waals surface area contributed by atoms with E-state index in [1.807, 2.05) is 6.92 Å². The quantitative estimate of drug-likeness (QED) is 0.569. The Kier molecular flexibility index (Phi) is 2.98. The van der Waals surface area contributed by atoms with Gasteiger partial charge in [-0.1, -0.05) is 6.92 Å². The maximum absolute atomic E-state index is 10.9. The largest absolute Gasteiger partial charge is 0.294 e. The van der Waals surface area contributed by atoms with Crippen molar-refractivity contribution in [1.29, 1.82) is 5.26 Å². The van der Waals surface area contributed by atoms with E-state index in [9.17, 15) is 9.59 Å². The number of nitrogens with one attached hydrogen (secondary N) is 1. The van der Waals surface area contributed by atoms with Crippen LogP contribution in [-0.2, 0) is 9.59 Å². The number of imide groups is 1. The minimum Gasteiger partial charge on any atom is -0.294 e. The van der Waals surface area contributed by atoms with Gasteiger partial charge in [0.15, 0.2) is 0 Å². The van der Waals surface area contributed by atoms with E-state index in [0.29, 0.717) is 6.42 Å². The van der Waals surface area contributed by atoms with Crippen molar-refractivity contribution in [2.24, 2.45) is 0 Å². The topological polar surface area (TPSA) is 73.2 Å². The van der Waals surface area contributed by atoms with Gasteiger partial charge >= 0.3 is 0 Å². The summed E-state index contributed by atoms with van der Waals surface area (Å²) < 4.78 is 0. The summed E-state index contributed by atoms with van der Waals surface area (Å²) >= 11 is 0. The van der Waals surface area contributed by atoms with Gasteiger partial charge in [0.05, 0.1) is 25.2 Å². The molecule has 1 rings (SSSR count). The highest BCUT2D eigenvalue weighted by molar-refractivity contribution is 5.99. The third-order valence-electron chi connectivity index (χ3n) is 1.95. The highest BCUT2D eigenvalue weighted by Crippen LogP contribution is 2.04.